The Balaban J connectivity index is 1.92. The highest BCUT2D eigenvalue weighted by atomic mass is 32.1. The summed E-state index contributed by atoms with van der Waals surface area (Å²) in [4.78, 5) is 25.9. The first kappa shape index (κ1) is 15.4. The van der Waals surface area contributed by atoms with Crippen molar-refractivity contribution in [3.05, 3.63) is 58.3 Å². The van der Waals surface area contributed by atoms with Crippen molar-refractivity contribution in [2.24, 2.45) is 5.10 Å². The molecule has 0 fully saturated rings. The van der Waals surface area contributed by atoms with Gasteiger partial charge in [-0.05, 0) is 18.4 Å². The molecular formula is C17H16N2O3S. The average Bonchev–Trinajstić information content (AvgIpc) is 3.24. The minimum absolute atomic E-state index is 0.0907. The first-order valence-electron chi connectivity index (χ1n) is 7.35. The Kier molecular flexibility index (Phi) is 4.52. The molecule has 0 radical (unpaired) electrons. The van der Waals surface area contributed by atoms with Crippen molar-refractivity contribution in [2.45, 2.75) is 18.9 Å². The summed E-state index contributed by atoms with van der Waals surface area (Å²) in [5.74, 6) is -1.00. The number of ketones is 1. The van der Waals surface area contributed by atoms with Gasteiger partial charge in [-0.2, -0.15) is 5.10 Å². The Morgan fingerprint density at radius 2 is 2.00 bits per heavy atom. The monoisotopic (exact) mass is 328 g/mol. The Bertz CT molecular complexity index is 726. The molecule has 118 valence electrons. The molecular weight excluding hydrogens is 312 g/mol. The summed E-state index contributed by atoms with van der Waals surface area (Å²) in [5, 5.41) is 6.01. The highest BCUT2D eigenvalue weighted by Crippen LogP contribution is 2.31. The molecule has 6 heteroatoms. The van der Waals surface area contributed by atoms with Gasteiger partial charge in [0, 0.05) is 10.4 Å². The number of hydrogen-bond acceptors (Lipinski definition) is 6. The average molecular weight is 328 g/mol. The fourth-order valence-electron chi connectivity index (χ4n) is 2.58. The van der Waals surface area contributed by atoms with Crippen LogP contribution in [0.5, 0.6) is 0 Å². The number of benzene rings is 1. The van der Waals surface area contributed by atoms with Crippen molar-refractivity contribution in [3.8, 4) is 0 Å². The van der Waals surface area contributed by atoms with E-state index in [1.807, 2.05) is 35.7 Å². The highest BCUT2D eigenvalue weighted by molar-refractivity contribution is 7.10. The molecule has 0 bridgehead atoms. The van der Waals surface area contributed by atoms with E-state index < -0.39 is 17.9 Å². The van der Waals surface area contributed by atoms with Crippen LogP contribution in [0.25, 0.3) is 0 Å². The fraction of sp³-hybridized carbons (Fsp3) is 0.235. The van der Waals surface area contributed by atoms with E-state index >= 15 is 0 Å². The van der Waals surface area contributed by atoms with Crippen molar-refractivity contribution in [2.75, 3.05) is 6.61 Å². The number of nitrogens with one attached hydrogen (secondary N) is 1. The lowest BCUT2D eigenvalue weighted by molar-refractivity contribution is -0.135. The molecule has 1 N–H and O–H groups in total. The van der Waals surface area contributed by atoms with Crippen LogP contribution in [0.3, 0.4) is 0 Å². The molecule has 0 saturated carbocycles. The second-order valence-corrected chi connectivity index (χ2v) is 6.03. The van der Waals surface area contributed by atoms with Gasteiger partial charge in [0.1, 0.15) is 6.04 Å². The third kappa shape index (κ3) is 3.03. The van der Waals surface area contributed by atoms with Gasteiger partial charge in [-0.3, -0.25) is 10.2 Å². The van der Waals surface area contributed by atoms with Crippen LogP contribution in [0.2, 0.25) is 0 Å². The van der Waals surface area contributed by atoms with E-state index in [4.69, 9.17) is 4.74 Å². The lowest BCUT2D eigenvalue weighted by Crippen LogP contribution is -2.37. The van der Waals surface area contributed by atoms with Crippen LogP contribution in [0.4, 0.5) is 0 Å². The Labute approximate surface area is 138 Å². The van der Waals surface area contributed by atoms with Crippen molar-refractivity contribution in [1.82, 2.24) is 5.43 Å². The molecule has 1 aliphatic rings. The molecule has 0 saturated heterocycles. The molecule has 2 aromatic rings. The summed E-state index contributed by atoms with van der Waals surface area (Å²) in [6, 6.07) is 12.2. The molecule has 23 heavy (non-hydrogen) atoms. The molecule has 2 heterocycles. The molecule has 0 amide bonds. The molecule has 0 aliphatic carbocycles. The Hall–Kier alpha value is -2.47. The topological polar surface area (TPSA) is 67.8 Å². The van der Waals surface area contributed by atoms with Gasteiger partial charge in [0.25, 0.3) is 0 Å². The Morgan fingerprint density at radius 3 is 2.65 bits per heavy atom. The fourth-order valence-corrected chi connectivity index (χ4v) is 3.44. The van der Waals surface area contributed by atoms with E-state index in [2.05, 4.69) is 10.5 Å². The van der Waals surface area contributed by atoms with E-state index in [9.17, 15) is 9.59 Å². The first-order valence-corrected chi connectivity index (χ1v) is 8.23. The summed E-state index contributed by atoms with van der Waals surface area (Å²) >= 11 is 1.49. The third-order valence-electron chi connectivity index (χ3n) is 3.63. The number of hydrazone groups is 1. The number of thiophene rings is 1. The van der Waals surface area contributed by atoms with Crippen LogP contribution >= 0.6 is 11.3 Å². The summed E-state index contributed by atoms with van der Waals surface area (Å²) in [6.45, 7) is 2.01. The number of ether oxygens (including phenoxy) is 1. The van der Waals surface area contributed by atoms with Gasteiger partial charge in [0.2, 0.25) is 0 Å². The minimum atomic E-state index is -0.601. The number of carbonyl (C=O) groups excluding carboxylic acids is 2. The molecule has 1 aromatic carbocycles. The predicted octanol–water partition coefficient (Wildman–Crippen LogP) is 2.61. The third-order valence-corrected chi connectivity index (χ3v) is 4.58. The number of nitrogens with zero attached hydrogens (tertiary/aromatic N) is 1. The molecule has 1 aromatic heterocycles. The Morgan fingerprint density at radius 1 is 1.22 bits per heavy atom. The van der Waals surface area contributed by atoms with Crippen LogP contribution in [0.15, 0.2) is 52.9 Å². The van der Waals surface area contributed by atoms with Crippen LogP contribution in [0.1, 0.15) is 28.1 Å². The number of Topliss-reactive ketones (excluding diaryl/α,β-unsaturated/α-hetero) is 1. The van der Waals surface area contributed by atoms with E-state index in [1.165, 1.54) is 11.3 Å². The predicted molar refractivity (Wildman–Crippen MR) is 88.8 cm³/mol. The van der Waals surface area contributed by atoms with E-state index in [1.54, 1.807) is 19.1 Å². The van der Waals surface area contributed by atoms with E-state index in [-0.39, 0.29) is 18.1 Å². The molecule has 0 spiro atoms. The van der Waals surface area contributed by atoms with Gasteiger partial charge in [-0.25, -0.2) is 4.79 Å². The molecule has 3 rings (SSSR count). The summed E-state index contributed by atoms with van der Waals surface area (Å²) in [7, 11) is 0. The van der Waals surface area contributed by atoms with Gasteiger partial charge in [0.15, 0.2) is 11.5 Å². The zero-order valence-electron chi connectivity index (χ0n) is 12.6. The first-order chi connectivity index (χ1) is 11.2. The molecule has 1 aliphatic heterocycles. The normalized spacial score (nSPS) is 19.8. The maximum Gasteiger partial charge on any atom is 0.355 e. The highest BCUT2D eigenvalue weighted by Gasteiger charge is 2.42. The second-order valence-electron chi connectivity index (χ2n) is 5.05. The summed E-state index contributed by atoms with van der Waals surface area (Å²) in [5.41, 5.74) is 3.67. The van der Waals surface area contributed by atoms with Crippen LogP contribution in [-0.4, -0.2) is 30.1 Å². The molecule has 2 atom stereocenters. The summed E-state index contributed by atoms with van der Waals surface area (Å²) in [6.07, 6.45) is 0. The second kappa shape index (κ2) is 6.75. The maximum absolute atomic E-state index is 12.8. The number of hydrogen-bond donors (Lipinski definition) is 1. The van der Waals surface area contributed by atoms with E-state index in [0.29, 0.717) is 5.56 Å². The van der Waals surface area contributed by atoms with Gasteiger partial charge in [-0.15, -0.1) is 11.3 Å². The zero-order chi connectivity index (χ0) is 16.2. The van der Waals surface area contributed by atoms with Crippen molar-refractivity contribution in [3.63, 3.8) is 0 Å². The standard InChI is InChI=1S/C17H16N2O3S/c1-2-22-17(21)15-13(12-9-6-10-23-12)14(18-19-15)16(20)11-7-4-3-5-8-11/h3-10,13-14,18H,2H2,1H3. The van der Waals surface area contributed by atoms with Crippen LogP contribution in [0, 0.1) is 0 Å². The van der Waals surface area contributed by atoms with Crippen molar-refractivity contribution in [1.29, 1.82) is 0 Å². The maximum atomic E-state index is 12.8. The van der Waals surface area contributed by atoms with Gasteiger partial charge in [0.05, 0.1) is 12.5 Å². The van der Waals surface area contributed by atoms with Crippen molar-refractivity contribution >= 4 is 28.8 Å². The largest absolute Gasteiger partial charge is 0.461 e. The number of esters is 1. The number of rotatable bonds is 5. The lowest BCUT2D eigenvalue weighted by Gasteiger charge is -2.18. The summed E-state index contributed by atoms with van der Waals surface area (Å²) < 4.78 is 5.07. The smallest absolute Gasteiger partial charge is 0.355 e. The minimum Gasteiger partial charge on any atom is -0.461 e. The van der Waals surface area contributed by atoms with Crippen molar-refractivity contribution < 1.29 is 14.3 Å². The van der Waals surface area contributed by atoms with Crippen LogP contribution in [-0.2, 0) is 9.53 Å². The van der Waals surface area contributed by atoms with Gasteiger partial charge in [-0.1, -0.05) is 36.4 Å². The zero-order valence-corrected chi connectivity index (χ0v) is 13.4. The lowest BCUT2D eigenvalue weighted by atomic mass is 9.89. The van der Waals surface area contributed by atoms with Gasteiger partial charge < -0.3 is 4.74 Å². The SMILES string of the molecule is CCOC(=O)C1=NNC(C(=O)c2ccccc2)C1c1cccs1. The van der Waals surface area contributed by atoms with Crippen LogP contribution < -0.4 is 5.43 Å². The molecule has 5 nitrogen and oxygen atoms in total. The van der Waals surface area contributed by atoms with Gasteiger partial charge >= 0.3 is 5.97 Å². The number of carbonyl (C=O) groups is 2. The molecule has 2 unspecified atom stereocenters. The quantitative estimate of drug-likeness (QED) is 0.677. The van der Waals surface area contributed by atoms with E-state index in [0.717, 1.165) is 4.88 Å².